The molecule has 0 unspecified atom stereocenters. The van der Waals surface area contributed by atoms with Gasteiger partial charge < -0.3 is 5.32 Å². The number of hydrogen-bond donors (Lipinski definition) is 1. The summed E-state index contributed by atoms with van der Waals surface area (Å²) in [5.74, 6) is 0.304. The number of aromatic nitrogens is 2. The fourth-order valence-corrected chi connectivity index (χ4v) is 1.93. The van der Waals surface area contributed by atoms with Crippen molar-refractivity contribution in [2.45, 2.75) is 39.0 Å². The quantitative estimate of drug-likeness (QED) is 0.839. The molecule has 0 saturated heterocycles. The van der Waals surface area contributed by atoms with E-state index in [1.54, 1.807) is 0 Å². The molecular formula is C10H15N3OS. The van der Waals surface area contributed by atoms with Gasteiger partial charge in [-0.05, 0) is 12.8 Å². The number of amides is 1. The summed E-state index contributed by atoms with van der Waals surface area (Å²) < 4.78 is 0. The summed E-state index contributed by atoms with van der Waals surface area (Å²) in [7, 11) is 0. The molecule has 82 valence electrons. The number of nitrogens with one attached hydrogen (secondary N) is 1. The van der Waals surface area contributed by atoms with Crippen LogP contribution in [0.4, 0.5) is 5.13 Å². The molecule has 15 heavy (non-hydrogen) atoms. The van der Waals surface area contributed by atoms with Crippen molar-refractivity contribution in [3.63, 3.8) is 0 Å². The summed E-state index contributed by atoms with van der Waals surface area (Å²) >= 11 is 1.46. The van der Waals surface area contributed by atoms with Gasteiger partial charge in [0.2, 0.25) is 11.0 Å². The van der Waals surface area contributed by atoms with Gasteiger partial charge in [0.05, 0.1) is 0 Å². The Morgan fingerprint density at radius 3 is 2.53 bits per heavy atom. The van der Waals surface area contributed by atoms with Gasteiger partial charge in [0.25, 0.3) is 0 Å². The lowest BCUT2D eigenvalue weighted by Crippen LogP contribution is -2.12. The van der Waals surface area contributed by atoms with Crippen LogP contribution in [0.1, 0.15) is 38.6 Å². The van der Waals surface area contributed by atoms with E-state index in [4.69, 9.17) is 0 Å². The van der Waals surface area contributed by atoms with Crippen LogP contribution in [0.25, 0.3) is 0 Å². The molecule has 4 nitrogen and oxygen atoms in total. The van der Waals surface area contributed by atoms with Gasteiger partial charge in [-0.25, -0.2) is 0 Å². The highest BCUT2D eigenvalue weighted by molar-refractivity contribution is 7.15. The Labute approximate surface area is 93.1 Å². The molecular weight excluding hydrogens is 210 g/mol. The first-order valence-electron chi connectivity index (χ1n) is 5.11. The number of carbonyl (C=O) groups excluding carboxylic acids is 1. The second kappa shape index (κ2) is 3.56. The maximum atomic E-state index is 11.5. The molecule has 1 amide bonds. The minimum absolute atomic E-state index is 0.000223. The van der Waals surface area contributed by atoms with Gasteiger partial charge in [0, 0.05) is 11.3 Å². The largest absolute Gasteiger partial charge is 0.300 e. The fraction of sp³-hybridized carbons (Fsp3) is 0.700. The van der Waals surface area contributed by atoms with Crippen LogP contribution < -0.4 is 5.32 Å². The zero-order valence-electron chi connectivity index (χ0n) is 9.20. The zero-order chi connectivity index (χ0) is 11.1. The summed E-state index contributed by atoms with van der Waals surface area (Å²) in [6.07, 6.45) is 2.02. The Bertz CT molecular complexity index is 376. The summed E-state index contributed by atoms with van der Waals surface area (Å²) in [6, 6.07) is 0. The standard InChI is InChI=1S/C10H15N3OS/c1-10(2,3)8-12-13-9(15-8)11-7(14)6-4-5-6/h6H,4-5H2,1-3H3,(H,11,13,14). The Morgan fingerprint density at radius 2 is 2.07 bits per heavy atom. The molecule has 1 heterocycles. The molecule has 1 aliphatic rings. The highest BCUT2D eigenvalue weighted by atomic mass is 32.1. The van der Waals surface area contributed by atoms with Crippen molar-refractivity contribution in [1.29, 1.82) is 0 Å². The van der Waals surface area contributed by atoms with Crippen molar-refractivity contribution in [3.8, 4) is 0 Å². The van der Waals surface area contributed by atoms with Crippen LogP contribution in [0.5, 0.6) is 0 Å². The Hall–Kier alpha value is -0.970. The van der Waals surface area contributed by atoms with Gasteiger partial charge in [-0.2, -0.15) is 0 Å². The van der Waals surface area contributed by atoms with E-state index in [2.05, 4.69) is 36.3 Å². The highest BCUT2D eigenvalue weighted by Gasteiger charge is 2.30. The number of anilines is 1. The van der Waals surface area contributed by atoms with Crippen LogP contribution in [0.3, 0.4) is 0 Å². The third-order valence-electron chi connectivity index (χ3n) is 2.24. The zero-order valence-corrected chi connectivity index (χ0v) is 10.0. The smallest absolute Gasteiger partial charge is 0.229 e. The topological polar surface area (TPSA) is 54.9 Å². The molecule has 0 bridgehead atoms. The molecule has 0 spiro atoms. The van der Waals surface area contributed by atoms with Gasteiger partial charge >= 0.3 is 0 Å². The van der Waals surface area contributed by atoms with Crippen molar-refractivity contribution in [2.24, 2.45) is 5.92 Å². The third-order valence-corrected chi connectivity index (χ3v) is 3.51. The molecule has 1 aromatic rings. The van der Waals surface area contributed by atoms with E-state index < -0.39 is 0 Å². The average Bonchev–Trinajstić information content (AvgIpc) is 2.86. The molecule has 0 atom stereocenters. The van der Waals surface area contributed by atoms with Crippen molar-refractivity contribution >= 4 is 22.4 Å². The molecule has 0 aliphatic heterocycles. The third kappa shape index (κ3) is 2.53. The van der Waals surface area contributed by atoms with Gasteiger partial charge in [0.15, 0.2) is 0 Å². The first-order chi connectivity index (χ1) is 6.97. The first kappa shape index (κ1) is 10.5. The molecule has 1 aliphatic carbocycles. The first-order valence-corrected chi connectivity index (χ1v) is 5.93. The van der Waals surface area contributed by atoms with Crippen LogP contribution in [0.15, 0.2) is 0 Å². The summed E-state index contributed by atoms with van der Waals surface area (Å²) in [5, 5.41) is 12.4. The van der Waals surface area contributed by atoms with Crippen molar-refractivity contribution in [3.05, 3.63) is 5.01 Å². The van der Waals surface area contributed by atoms with Gasteiger partial charge in [-0.15, -0.1) is 10.2 Å². The van der Waals surface area contributed by atoms with E-state index in [9.17, 15) is 4.79 Å². The molecule has 1 fully saturated rings. The number of nitrogens with zero attached hydrogens (tertiary/aromatic N) is 2. The van der Waals surface area contributed by atoms with E-state index in [1.165, 1.54) is 11.3 Å². The Balaban J connectivity index is 2.03. The predicted octanol–water partition coefficient (Wildman–Crippen LogP) is 2.18. The lowest BCUT2D eigenvalue weighted by Gasteiger charge is -2.12. The molecule has 0 aromatic carbocycles. The SMILES string of the molecule is CC(C)(C)c1nnc(NC(=O)C2CC2)s1. The lowest BCUT2D eigenvalue weighted by molar-refractivity contribution is -0.117. The lowest BCUT2D eigenvalue weighted by atomic mass is 9.98. The van der Waals surface area contributed by atoms with E-state index in [1.807, 2.05) is 0 Å². The molecule has 2 rings (SSSR count). The van der Waals surface area contributed by atoms with Crippen molar-refractivity contribution in [1.82, 2.24) is 10.2 Å². The van der Waals surface area contributed by atoms with Gasteiger partial charge in [-0.3, -0.25) is 4.79 Å². The summed E-state index contributed by atoms with van der Waals surface area (Å²) in [5.41, 5.74) is 0.000223. The van der Waals surface area contributed by atoms with E-state index >= 15 is 0 Å². The van der Waals surface area contributed by atoms with Crippen LogP contribution in [0.2, 0.25) is 0 Å². The van der Waals surface area contributed by atoms with E-state index in [-0.39, 0.29) is 17.2 Å². The molecule has 1 N–H and O–H groups in total. The molecule has 1 saturated carbocycles. The van der Waals surface area contributed by atoms with E-state index in [0.717, 1.165) is 17.8 Å². The van der Waals surface area contributed by atoms with Crippen molar-refractivity contribution in [2.75, 3.05) is 5.32 Å². The number of carbonyl (C=O) groups is 1. The van der Waals surface area contributed by atoms with Gasteiger partial charge in [0.1, 0.15) is 5.01 Å². The Kier molecular flexibility index (Phi) is 2.50. The maximum absolute atomic E-state index is 11.5. The van der Waals surface area contributed by atoms with E-state index in [0.29, 0.717) is 5.13 Å². The van der Waals surface area contributed by atoms with Crippen molar-refractivity contribution < 1.29 is 4.79 Å². The Morgan fingerprint density at radius 1 is 1.40 bits per heavy atom. The minimum atomic E-state index is 0.000223. The number of hydrogen-bond acceptors (Lipinski definition) is 4. The second-order valence-electron chi connectivity index (χ2n) is 4.93. The number of rotatable bonds is 2. The molecule has 0 radical (unpaired) electrons. The summed E-state index contributed by atoms with van der Waals surface area (Å²) in [4.78, 5) is 11.5. The van der Waals surface area contributed by atoms with Crippen LogP contribution in [-0.2, 0) is 10.2 Å². The van der Waals surface area contributed by atoms with Crippen LogP contribution in [0, 0.1) is 5.92 Å². The highest BCUT2D eigenvalue weighted by Crippen LogP contribution is 2.32. The minimum Gasteiger partial charge on any atom is -0.300 e. The fourth-order valence-electron chi connectivity index (χ4n) is 1.13. The normalized spacial score (nSPS) is 16.5. The monoisotopic (exact) mass is 225 g/mol. The molecule has 5 heteroatoms. The molecule has 1 aromatic heterocycles. The average molecular weight is 225 g/mol. The van der Waals surface area contributed by atoms with Gasteiger partial charge in [-0.1, -0.05) is 32.1 Å². The maximum Gasteiger partial charge on any atom is 0.229 e. The second-order valence-corrected chi connectivity index (χ2v) is 5.90. The van der Waals surface area contributed by atoms with Crippen LogP contribution in [-0.4, -0.2) is 16.1 Å². The predicted molar refractivity (Wildman–Crippen MR) is 60.0 cm³/mol. The van der Waals surface area contributed by atoms with Crippen LogP contribution >= 0.6 is 11.3 Å². The summed E-state index contributed by atoms with van der Waals surface area (Å²) in [6.45, 7) is 6.25.